The molecular weight excluding hydrogens is 382 g/mol. The predicted molar refractivity (Wildman–Crippen MR) is 114 cm³/mol. The molecule has 0 aliphatic rings. The highest BCUT2D eigenvalue weighted by molar-refractivity contribution is 7.08. The first-order valence-electron chi connectivity index (χ1n) is 9.49. The Labute approximate surface area is 173 Å². The lowest BCUT2D eigenvalue weighted by molar-refractivity contribution is 0.0954. The molecule has 0 radical (unpaired) electrons. The zero-order valence-corrected chi connectivity index (χ0v) is 16.9. The second-order valence-electron chi connectivity index (χ2n) is 6.64. The van der Waals surface area contributed by atoms with Gasteiger partial charge in [0.2, 0.25) is 0 Å². The summed E-state index contributed by atoms with van der Waals surface area (Å²) in [6.45, 7) is 3.03. The SMILES string of the molecule is CCc1nnsc1C(=O)NCc1cn(Cc2ccccc2)nc1-c1ccccc1. The Morgan fingerprint density at radius 2 is 1.79 bits per heavy atom. The van der Waals surface area contributed by atoms with E-state index in [2.05, 4.69) is 27.0 Å². The van der Waals surface area contributed by atoms with Gasteiger partial charge in [-0.3, -0.25) is 9.48 Å². The monoisotopic (exact) mass is 403 g/mol. The summed E-state index contributed by atoms with van der Waals surface area (Å²) in [7, 11) is 0. The molecule has 0 saturated heterocycles. The van der Waals surface area contributed by atoms with E-state index >= 15 is 0 Å². The van der Waals surface area contributed by atoms with Gasteiger partial charge in [0.15, 0.2) is 0 Å². The van der Waals surface area contributed by atoms with E-state index in [1.54, 1.807) is 0 Å². The number of hydrogen-bond donors (Lipinski definition) is 1. The molecule has 4 aromatic rings. The smallest absolute Gasteiger partial charge is 0.265 e. The number of nitrogens with one attached hydrogen (secondary N) is 1. The van der Waals surface area contributed by atoms with Crippen molar-refractivity contribution in [1.82, 2.24) is 24.7 Å². The summed E-state index contributed by atoms with van der Waals surface area (Å²) in [6.07, 6.45) is 2.69. The summed E-state index contributed by atoms with van der Waals surface area (Å²) in [5, 5.41) is 11.8. The lowest BCUT2D eigenvalue weighted by Crippen LogP contribution is -2.23. The Hall–Kier alpha value is -3.32. The van der Waals surface area contributed by atoms with Gasteiger partial charge in [0.1, 0.15) is 4.88 Å². The first kappa shape index (κ1) is 19.0. The second-order valence-corrected chi connectivity index (χ2v) is 7.39. The molecule has 0 aliphatic heterocycles. The Bertz CT molecular complexity index is 1090. The number of amides is 1. The van der Waals surface area contributed by atoms with Crippen molar-refractivity contribution in [2.75, 3.05) is 0 Å². The summed E-state index contributed by atoms with van der Waals surface area (Å²) in [6, 6.07) is 20.2. The van der Waals surface area contributed by atoms with Crippen LogP contribution in [0.25, 0.3) is 11.3 Å². The molecule has 0 saturated carbocycles. The average molecular weight is 404 g/mol. The molecule has 0 unspecified atom stereocenters. The third-order valence-corrected chi connectivity index (χ3v) is 5.38. The summed E-state index contributed by atoms with van der Waals surface area (Å²) in [5.74, 6) is -0.147. The van der Waals surface area contributed by atoms with Crippen molar-refractivity contribution >= 4 is 17.4 Å². The van der Waals surface area contributed by atoms with Crippen LogP contribution in [0.1, 0.15) is 33.4 Å². The summed E-state index contributed by atoms with van der Waals surface area (Å²) in [4.78, 5) is 13.2. The number of carbonyl (C=O) groups is 1. The third-order valence-electron chi connectivity index (χ3n) is 4.61. The predicted octanol–water partition coefficient (Wildman–Crippen LogP) is 3.94. The number of aryl methyl sites for hydroxylation is 1. The van der Waals surface area contributed by atoms with Crippen molar-refractivity contribution in [2.24, 2.45) is 0 Å². The van der Waals surface area contributed by atoms with Crippen LogP contribution in [-0.4, -0.2) is 25.3 Å². The maximum absolute atomic E-state index is 12.6. The van der Waals surface area contributed by atoms with Crippen LogP contribution in [0, 0.1) is 0 Å². The van der Waals surface area contributed by atoms with Gasteiger partial charge in [-0.05, 0) is 23.5 Å². The Kier molecular flexibility index (Phi) is 5.76. The molecule has 1 amide bonds. The number of rotatable bonds is 7. The highest BCUT2D eigenvalue weighted by Crippen LogP contribution is 2.22. The van der Waals surface area contributed by atoms with E-state index in [-0.39, 0.29) is 5.91 Å². The number of benzene rings is 2. The van der Waals surface area contributed by atoms with E-state index in [1.165, 1.54) is 5.56 Å². The molecule has 6 nitrogen and oxygen atoms in total. The van der Waals surface area contributed by atoms with Crippen molar-refractivity contribution in [3.05, 3.63) is 88.6 Å². The van der Waals surface area contributed by atoms with Crippen molar-refractivity contribution < 1.29 is 4.79 Å². The van der Waals surface area contributed by atoms with Crippen molar-refractivity contribution in [3.63, 3.8) is 0 Å². The van der Waals surface area contributed by atoms with Crippen LogP contribution in [0.15, 0.2) is 66.9 Å². The zero-order valence-electron chi connectivity index (χ0n) is 16.1. The molecule has 0 bridgehead atoms. The molecule has 0 fully saturated rings. The van der Waals surface area contributed by atoms with Gasteiger partial charge in [0.05, 0.1) is 17.9 Å². The first-order valence-corrected chi connectivity index (χ1v) is 10.3. The van der Waals surface area contributed by atoms with E-state index in [4.69, 9.17) is 5.10 Å². The molecular formula is C22H21N5OS. The minimum absolute atomic E-state index is 0.147. The highest BCUT2D eigenvalue weighted by Gasteiger charge is 2.17. The van der Waals surface area contributed by atoms with Crippen LogP contribution in [-0.2, 0) is 19.5 Å². The molecule has 0 atom stereocenters. The highest BCUT2D eigenvalue weighted by atomic mass is 32.1. The van der Waals surface area contributed by atoms with E-state index in [1.807, 2.05) is 66.3 Å². The largest absolute Gasteiger partial charge is 0.347 e. The van der Waals surface area contributed by atoms with Gasteiger partial charge in [-0.1, -0.05) is 72.1 Å². The Morgan fingerprint density at radius 3 is 2.52 bits per heavy atom. The molecule has 7 heteroatoms. The van der Waals surface area contributed by atoms with Crippen LogP contribution >= 0.6 is 11.5 Å². The number of nitrogens with zero attached hydrogens (tertiary/aromatic N) is 4. The zero-order chi connectivity index (χ0) is 20.1. The van der Waals surface area contributed by atoms with Crippen LogP contribution in [0.2, 0.25) is 0 Å². The van der Waals surface area contributed by atoms with Crippen molar-refractivity contribution in [3.8, 4) is 11.3 Å². The van der Waals surface area contributed by atoms with E-state index < -0.39 is 0 Å². The average Bonchev–Trinajstić information content (AvgIpc) is 3.40. The fourth-order valence-electron chi connectivity index (χ4n) is 3.15. The minimum atomic E-state index is -0.147. The van der Waals surface area contributed by atoms with Gasteiger partial charge >= 0.3 is 0 Å². The minimum Gasteiger partial charge on any atom is -0.347 e. The first-order chi connectivity index (χ1) is 14.2. The lowest BCUT2D eigenvalue weighted by Gasteiger charge is -2.05. The summed E-state index contributed by atoms with van der Waals surface area (Å²) < 4.78 is 5.82. The number of carbonyl (C=O) groups excluding carboxylic acids is 1. The summed E-state index contributed by atoms with van der Waals surface area (Å²) >= 11 is 1.13. The standard InChI is InChI=1S/C22H21N5OS/c1-2-19-21(29-26-24-19)22(28)23-13-18-15-27(14-16-9-5-3-6-10-16)25-20(18)17-11-7-4-8-12-17/h3-12,15H,2,13-14H2,1H3,(H,23,28). The third kappa shape index (κ3) is 4.41. The van der Waals surface area contributed by atoms with Gasteiger partial charge in [0.25, 0.3) is 5.91 Å². The van der Waals surface area contributed by atoms with Crippen molar-refractivity contribution in [2.45, 2.75) is 26.4 Å². The molecule has 1 N–H and O–H groups in total. The molecule has 29 heavy (non-hydrogen) atoms. The normalized spacial score (nSPS) is 10.8. The topological polar surface area (TPSA) is 72.7 Å². The van der Waals surface area contributed by atoms with Crippen molar-refractivity contribution in [1.29, 1.82) is 0 Å². The molecule has 0 aliphatic carbocycles. The van der Waals surface area contributed by atoms with Crippen LogP contribution < -0.4 is 5.32 Å². The van der Waals surface area contributed by atoms with Gasteiger partial charge < -0.3 is 5.32 Å². The van der Waals surface area contributed by atoms with Crippen LogP contribution in [0.5, 0.6) is 0 Å². The fraction of sp³-hybridized carbons (Fsp3) is 0.182. The van der Waals surface area contributed by atoms with Crippen LogP contribution in [0.3, 0.4) is 0 Å². The van der Waals surface area contributed by atoms with E-state index in [0.29, 0.717) is 24.4 Å². The number of hydrogen-bond acceptors (Lipinski definition) is 5. The maximum atomic E-state index is 12.6. The van der Waals surface area contributed by atoms with Crippen LogP contribution in [0.4, 0.5) is 0 Å². The van der Waals surface area contributed by atoms with E-state index in [0.717, 1.165) is 34.0 Å². The van der Waals surface area contributed by atoms with Gasteiger partial charge in [-0.15, -0.1) is 5.10 Å². The van der Waals surface area contributed by atoms with Gasteiger partial charge in [-0.25, -0.2) is 0 Å². The van der Waals surface area contributed by atoms with Gasteiger partial charge in [0, 0.05) is 23.9 Å². The number of aromatic nitrogens is 4. The van der Waals surface area contributed by atoms with Gasteiger partial charge in [-0.2, -0.15) is 5.10 Å². The summed E-state index contributed by atoms with van der Waals surface area (Å²) in [5.41, 5.74) is 4.78. The molecule has 2 aromatic carbocycles. The lowest BCUT2D eigenvalue weighted by atomic mass is 10.1. The molecule has 0 spiro atoms. The molecule has 2 aromatic heterocycles. The maximum Gasteiger partial charge on any atom is 0.265 e. The quantitative estimate of drug-likeness (QED) is 0.507. The molecule has 4 rings (SSSR count). The van der Waals surface area contributed by atoms with E-state index in [9.17, 15) is 4.79 Å². The Morgan fingerprint density at radius 1 is 1.07 bits per heavy atom. The fourth-order valence-corrected chi connectivity index (χ4v) is 3.82. The Balaban J connectivity index is 1.58. The second kappa shape index (κ2) is 8.79. The molecule has 2 heterocycles. The molecule has 146 valence electrons.